The summed E-state index contributed by atoms with van der Waals surface area (Å²) in [5.41, 5.74) is -0.221. The predicted molar refractivity (Wildman–Crippen MR) is 148 cm³/mol. The first-order valence-electron chi connectivity index (χ1n) is 14.6. The highest BCUT2D eigenvalue weighted by molar-refractivity contribution is 7.09. The molecule has 10 heteroatoms. The lowest BCUT2D eigenvalue weighted by Gasteiger charge is -2.41. The molecule has 4 heterocycles. The van der Waals surface area contributed by atoms with Crippen LogP contribution in [0.5, 0.6) is 0 Å². The first kappa shape index (κ1) is 27.5. The summed E-state index contributed by atoms with van der Waals surface area (Å²) in [4.78, 5) is 20.5. The minimum Gasteiger partial charge on any atom is -0.299 e. The molecule has 0 N–H and O–H groups in total. The molecule has 0 amide bonds. The number of hydrogen-bond donors (Lipinski definition) is 0. The molecule has 0 aromatic carbocycles. The lowest BCUT2D eigenvalue weighted by molar-refractivity contribution is -0.136. The normalized spacial score (nSPS) is 25.5. The van der Waals surface area contributed by atoms with Crippen LogP contribution in [-0.4, -0.2) is 31.9 Å². The van der Waals surface area contributed by atoms with E-state index in [2.05, 4.69) is 22.9 Å². The zero-order valence-electron chi connectivity index (χ0n) is 22.9. The third-order valence-corrected chi connectivity index (χ3v) is 10.4. The highest BCUT2D eigenvalue weighted by Gasteiger charge is 2.40. The van der Waals surface area contributed by atoms with Crippen molar-refractivity contribution in [3.63, 3.8) is 0 Å². The summed E-state index contributed by atoms with van der Waals surface area (Å²) >= 11 is 1.54. The van der Waals surface area contributed by atoms with Crippen LogP contribution < -0.4 is 5.69 Å². The molecule has 0 spiro atoms. The minimum atomic E-state index is -4.55. The fourth-order valence-corrected chi connectivity index (χ4v) is 8.42. The Labute approximate surface area is 236 Å². The third-order valence-electron chi connectivity index (χ3n) is 9.47. The van der Waals surface area contributed by atoms with Crippen molar-refractivity contribution >= 4 is 16.9 Å². The van der Waals surface area contributed by atoms with Crippen molar-refractivity contribution in [1.82, 2.24) is 18.9 Å². The number of likely N-dealkylation sites (tertiary alicyclic amines) is 1. The van der Waals surface area contributed by atoms with E-state index in [1.165, 1.54) is 23.1 Å². The number of hydrogen-bond acceptors (Lipinski definition) is 5. The van der Waals surface area contributed by atoms with Gasteiger partial charge in [0.1, 0.15) is 6.07 Å². The van der Waals surface area contributed by atoms with Gasteiger partial charge >= 0.3 is 11.9 Å². The molecule has 1 aliphatic heterocycles. The molecule has 40 heavy (non-hydrogen) atoms. The topological polar surface area (TPSA) is 66.3 Å². The maximum atomic E-state index is 14.3. The van der Waals surface area contributed by atoms with Crippen molar-refractivity contribution < 1.29 is 13.2 Å². The number of nitrogens with zero attached hydrogens (tertiary/aromatic N) is 5. The Morgan fingerprint density at radius 2 is 1.90 bits per heavy atom. The second-order valence-electron chi connectivity index (χ2n) is 12.3. The van der Waals surface area contributed by atoms with Gasteiger partial charge < -0.3 is 0 Å². The van der Waals surface area contributed by atoms with Crippen LogP contribution in [0.25, 0.3) is 5.52 Å². The molecule has 3 aliphatic rings. The molecule has 2 saturated carbocycles. The van der Waals surface area contributed by atoms with Crippen molar-refractivity contribution in [3.8, 4) is 6.07 Å². The molecule has 2 unspecified atom stereocenters. The highest BCUT2D eigenvalue weighted by Crippen LogP contribution is 2.50. The highest BCUT2D eigenvalue weighted by atomic mass is 32.1. The summed E-state index contributed by atoms with van der Waals surface area (Å²) in [6.45, 7) is 4.30. The first-order chi connectivity index (χ1) is 19.2. The van der Waals surface area contributed by atoms with Gasteiger partial charge in [0.25, 0.3) is 0 Å². The smallest absolute Gasteiger partial charge is 0.299 e. The zero-order valence-corrected chi connectivity index (χ0v) is 23.7. The van der Waals surface area contributed by atoms with E-state index in [-0.39, 0.29) is 29.1 Å². The van der Waals surface area contributed by atoms with Crippen LogP contribution in [0.2, 0.25) is 0 Å². The van der Waals surface area contributed by atoms with Gasteiger partial charge in [-0.2, -0.15) is 18.4 Å². The van der Waals surface area contributed by atoms with Gasteiger partial charge in [0, 0.05) is 42.8 Å². The Kier molecular flexibility index (Phi) is 7.55. The first-order valence-corrected chi connectivity index (χ1v) is 15.5. The average molecular weight is 572 g/mol. The molecule has 4 atom stereocenters. The van der Waals surface area contributed by atoms with E-state index >= 15 is 0 Å². The van der Waals surface area contributed by atoms with E-state index in [0.29, 0.717) is 29.6 Å². The molecule has 0 bridgehead atoms. The summed E-state index contributed by atoms with van der Waals surface area (Å²) in [5.74, 6) is 1.56. The lowest BCUT2D eigenvalue weighted by atomic mass is 9.66. The third kappa shape index (κ3) is 5.35. The quantitative estimate of drug-likeness (QED) is 0.320. The predicted octanol–water partition coefficient (Wildman–Crippen LogP) is 7.00. The standard InChI is InChI=1S/C30H36F3N5OS/c1-19-5-4-10-36(14-19)15-20-11-25(30(31,32)33)26-17-37(29(39)38(26)16-20)24-9-3-8-22(12-24)27(21-6-2-7-21)28-35-23(13-34)18-40-28/h11,16-19,21-22,24,27H,2-10,12,14-15H2,1H3/t19-,22?,24?,27-/m0/s1. The van der Waals surface area contributed by atoms with E-state index in [1.807, 2.05) is 5.38 Å². The number of nitriles is 1. The van der Waals surface area contributed by atoms with Crippen LogP contribution >= 0.6 is 11.3 Å². The molecule has 0 radical (unpaired) electrons. The number of aromatic nitrogens is 3. The summed E-state index contributed by atoms with van der Waals surface area (Å²) in [7, 11) is 0. The van der Waals surface area contributed by atoms with Gasteiger partial charge in [-0.15, -0.1) is 11.3 Å². The SMILES string of the molecule is C[C@H]1CCCN(Cc2cc(C(F)(F)F)c3cn(C4CCCC([C@@H](c5nc(C#N)cs5)C5CCC5)C4)c(=O)n3c2)C1. The van der Waals surface area contributed by atoms with Gasteiger partial charge in [-0.25, -0.2) is 9.78 Å². The molecule has 3 fully saturated rings. The maximum Gasteiger partial charge on any atom is 0.418 e. The zero-order chi connectivity index (χ0) is 28.0. The summed E-state index contributed by atoms with van der Waals surface area (Å²) in [5, 5.41) is 12.1. The van der Waals surface area contributed by atoms with Crippen molar-refractivity contribution in [2.75, 3.05) is 13.1 Å². The van der Waals surface area contributed by atoms with E-state index in [4.69, 9.17) is 0 Å². The minimum absolute atomic E-state index is 0.0653. The number of fused-ring (bicyclic) bond motifs is 1. The second kappa shape index (κ2) is 11.0. The number of rotatable bonds is 6. The van der Waals surface area contributed by atoms with Gasteiger partial charge in [-0.3, -0.25) is 13.9 Å². The van der Waals surface area contributed by atoms with Crippen LogP contribution in [0.15, 0.2) is 28.6 Å². The monoisotopic (exact) mass is 571 g/mol. The summed E-state index contributed by atoms with van der Waals surface area (Å²) in [6, 6.07) is 3.23. The summed E-state index contributed by atoms with van der Waals surface area (Å²) in [6.07, 6.45) is 7.58. The Bertz CT molecular complexity index is 1460. The number of thiazole rings is 1. The fourth-order valence-electron chi connectivity index (χ4n) is 7.39. The van der Waals surface area contributed by atoms with Crippen LogP contribution in [0.3, 0.4) is 0 Å². The fraction of sp³-hybridized carbons (Fsp3) is 0.633. The Hall–Kier alpha value is -2.64. The van der Waals surface area contributed by atoms with Crippen LogP contribution in [0.1, 0.15) is 98.5 Å². The Morgan fingerprint density at radius 1 is 1.12 bits per heavy atom. The number of alkyl halides is 3. The van der Waals surface area contributed by atoms with Crippen LogP contribution in [0.4, 0.5) is 13.2 Å². The molecule has 3 aromatic heterocycles. The largest absolute Gasteiger partial charge is 0.418 e. The van der Waals surface area contributed by atoms with E-state index in [9.17, 15) is 23.2 Å². The summed E-state index contributed by atoms with van der Waals surface area (Å²) < 4.78 is 45.6. The van der Waals surface area contributed by atoms with Gasteiger partial charge in [0.15, 0.2) is 5.69 Å². The molecule has 1 saturated heterocycles. The van der Waals surface area contributed by atoms with Crippen molar-refractivity contribution in [2.45, 2.75) is 89.4 Å². The number of pyridine rings is 1. The molecule has 6 rings (SSSR count). The van der Waals surface area contributed by atoms with Gasteiger partial charge in [0.05, 0.1) is 16.1 Å². The van der Waals surface area contributed by atoms with Gasteiger partial charge in [0.2, 0.25) is 0 Å². The second-order valence-corrected chi connectivity index (χ2v) is 13.2. The lowest BCUT2D eigenvalue weighted by Crippen LogP contribution is -2.34. The van der Waals surface area contributed by atoms with Crippen molar-refractivity contribution in [3.05, 3.63) is 56.2 Å². The average Bonchev–Trinajstić information content (AvgIpc) is 3.50. The number of piperidine rings is 1. The van der Waals surface area contributed by atoms with E-state index in [1.54, 1.807) is 22.1 Å². The molecular weight excluding hydrogens is 535 g/mol. The maximum absolute atomic E-state index is 14.3. The molecule has 2 aliphatic carbocycles. The Morgan fingerprint density at radius 3 is 2.58 bits per heavy atom. The van der Waals surface area contributed by atoms with Gasteiger partial charge in [-0.05, 0) is 80.9 Å². The van der Waals surface area contributed by atoms with Crippen molar-refractivity contribution in [2.24, 2.45) is 17.8 Å². The van der Waals surface area contributed by atoms with Crippen molar-refractivity contribution in [1.29, 1.82) is 5.26 Å². The number of imidazole rings is 1. The molecule has 6 nitrogen and oxygen atoms in total. The molecule has 214 valence electrons. The van der Waals surface area contributed by atoms with Crippen LogP contribution in [0, 0.1) is 29.1 Å². The van der Waals surface area contributed by atoms with Crippen LogP contribution in [-0.2, 0) is 12.7 Å². The van der Waals surface area contributed by atoms with E-state index in [0.717, 1.165) is 69.5 Å². The Balaban J connectivity index is 1.32. The molecular formula is C30H36F3N5OS. The van der Waals surface area contributed by atoms with E-state index < -0.39 is 11.7 Å². The van der Waals surface area contributed by atoms with Gasteiger partial charge in [-0.1, -0.05) is 19.8 Å². The number of halogens is 3. The molecule has 3 aromatic rings.